The van der Waals surface area contributed by atoms with E-state index in [4.69, 9.17) is 4.74 Å². The lowest BCUT2D eigenvalue weighted by molar-refractivity contribution is -0.385. The Balaban J connectivity index is 1.90. The minimum absolute atomic E-state index is 0.00397. The molecule has 0 spiro atoms. The van der Waals surface area contributed by atoms with Gasteiger partial charge in [0.05, 0.1) is 17.6 Å². The Kier molecular flexibility index (Phi) is 5.49. The fraction of sp³-hybridized carbons (Fsp3) is 0.562. The Bertz CT molecular complexity index is 545. The number of carbonyl (C=O) groups is 1. The molecule has 0 saturated carbocycles. The third-order valence-corrected chi connectivity index (χ3v) is 3.79. The fourth-order valence-electron chi connectivity index (χ4n) is 2.61. The Morgan fingerprint density at radius 3 is 2.95 bits per heavy atom. The first-order valence-electron chi connectivity index (χ1n) is 7.61. The third kappa shape index (κ3) is 4.27. The minimum atomic E-state index is -0.410. The maximum Gasteiger partial charge on any atom is 0.269 e. The van der Waals surface area contributed by atoms with Gasteiger partial charge in [0.2, 0.25) is 5.91 Å². The number of nitro benzene ring substituents is 1. The van der Waals surface area contributed by atoms with E-state index in [1.165, 1.54) is 12.1 Å². The number of ether oxygens (including phenoxy) is 1. The number of nitrogens with zero attached hydrogens (tertiary/aromatic N) is 2. The molecule has 1 unspecified atom stereocenters. The predicted octanol–water partition coefficient (Wildman–Crippen LogP) is 2.76. The second-order valence-corrected chi connectivity index (χ2v) is 5.94. The predicted molar refractivity (Wildman–Crippen MR) is 82.3 cm³/mol. The summed E-state index contributed by atoms with van der Waals surface area (Å²) in [6.45, 7) is 5.52. The van der Waals surface area contributed by atoms with Crippen LogP contribution in [0.1, 0.15) is 32.3 Å². The van der Waals surface area contributed by atoms with Crippen molar-refractivity contribution in [1.82, 2.24) is 4.90 Å². The Morgan fingerprint density at radius 1 is 1.50 bits per heavy atom. The van der Waals surface area contributed by atoms with Crippen molar-refractivity contribution in [3.63, 3.8) is 0 Å². The van der Waals surface area contributed by atoms with E-state index >= 15 is 0 Å². The van der Waals surface area contributed by atoms with Gasteiger partial charge in [-0.2, -0.15) is 0 Å². The first-order chi connectivity index (χ1) is 10.5. The summed E-state index contributed by atoms with van der Waals surface area (Å²) in [6, 6.07) is 6.46. The van der Waals surface area contributed by atoms with Gasteiger partial charge < -0.3 is 9.64 Å². The van der Waals surface area contributed by atoms with Crippen LogP contribution in [0.3, 0.4) is 0 Å². The van der Waals surface area contributed by atoms with Crippen LogP contribution in [0.5, 0.6) is 0 Å². The molecule has 0 aromatic heterocycles. The molecule has 1 aliphatic rings. The zero-order valence-corrected chi connectivity index (χ0v) is 13.0. The van der Waals surface area contributed by atoms with Gasteiger partial charge in [-0.25, -0.2) is 0 Å². The van der Waals surface area contributed by atoms with Crippen LogP contribution in [-0.2, 0) is 16.1 Å². The summed E-state index contributed by atoms with van der Waals surface area (Å²) in [5.41, 5.74) is 0.850. The summed E-state index contributed by atoms with van der Waals surface area (Å²) in [6.07, 6.45) is 1.84. The number of hydrogen-bond donors (Lipinski definition) is 0. The summed E-state index contributed by atoms with van der Waals surface area (Å²) < 4.78 is 5.85. The van der Waals surface area contributed by atoms with Crippen LogP contribution in [0.4, 0.5) is 5.69 Å². The van der Waals surface area contributed by atoms with Crippen LogP contribution in [0.2, 0.25) is 0 Å². The lowest BCUT2D eigenvalue weighted by Crippen LogP contribution is -2.44. The van der Waals surface area contributed by atoms with E-state index in [1.807, 2.05) is 24.8 Å². The molecule has 120 valence electrons. The molecule has 6 nitrogen and oxygen atoms in total. The molecule has 1 atom stereocenters. The smallest absolute Gasteiger partial charge is 0.269 e. The zero-order valence-electron chi connectivity index (χ0n) is 13.0. The van der Waals surface area contributed by atoms with Gasteiger partial charge in [0.15, 0.2) is 0 Å². The van der Waals surface area contributed by atoms with E-state index in [0.717, 1.165) is 24.9 Å². The summed E-state index contributed by atoms with van der Waals surface area (Å²) >= 11 is 0. The topological polar surface area (TPSA) is 72.7 Å². The molecule has 6 heteroatoms. The SMILES string of the molecule is CC(C)C(=O)N1CCCC(OCc2cccc([N+](=O)[O-])c2)C1. The highest BCUT2D eigenvalue weighted by molar-refractivity contribution is 5.78. The molecule has 1 fully saturated rings. The van der Waals surface area contributed by atoms with Crippen LogP contribution in [0.25, 0.3) is 0 Å². The highest BCUT2D eigenvalue weighted by atomic mass is 16.6. The average molecular weight is 306 g/mol. The summed E-state index contributed by atoms with van der Waals surface area (Å²) in [4.78, 5) is 24.2. The van der Waals surface area contributed by atoms with Gasteiger partial charge in [0.1, 0.15) is 0 Å². The van der Waals surface area contributed by atoms with Crippen molar-refractivity contribution < 1.29 is 14.5 Å². The molecule has 1 saturated heterocycles. The van der Waals surface area contributed by atoms with Crippen molar-refractivity contribution >= 4 is 11.6 Å². The van der Waals surface area contributed by atoms with E-state index in [0.29, 0.717) is 13.2 Å². The van der Waals surface area contributed by atoms with Crippen molar-refractivity contribution in [2.75, 3.05) is 13.1 Å². The number of benzene rings is 1. The second kappa shape index (κ2) is 7.35. The number of piperidine rings is 1. The van der Waals surface area contributed by atoms with Crippen molar-refractivity contribution in [2.24, 2.45) is 5.92 Å². The molecule has 0 N–H and O–H groups in total. The Morgan fingerprint density at radius 2 is 2.27 bits per heavy atom. The number of rotatable bonds is 5. The fourth-order valence-corrected chi connectivity index (χ4v) is 2.61. The largest absolute Gasteiger partial charge is 0.372 e. The van der Waals surface area contributed by atoms with Crippen molar-refractivity contribution in [3.8, 4) is 0 Å². The molecule has 0 aliphatic carbocycles. The Hall–Kier alpha value is -1.95. The molecule has 0 radical (unpaired) electrons. The molecule has 1 aliphatic heterocycles. The zero-order chi connectivity index (χ0) is 16.1. The lowest BCUT2D eigenvalue weighted by Gasteiger charge is -2.33. The third-order valence-electron chi connectivity index (χ3n) is 3.79. The first-order valence-corrected chi connectivity index (χ1v) is 7.61. The number of non-ortho nitro benzene ring substituents is 1. The van der Waals surface area contributed by atoms with Crippen molar-refractivity contribution in [3.05, 3.63) is 39.9 Å². The maximum atomic E-state index is 12.0. The monoisotopic (exact) mass is 306 g/mol. The van der Waals surface area contributed by atoms with Gasteiger partial charge in [-0.05, 0) is 18.4 Å². The number of carbonyl (C=O) groups excluding carboxylic acids is 1. The normalized spacial score (nSPS) is 18.5. The number of hydrogen-bond acceptors (Lipinski definition) is 4. The lowest BCUT2D eigenvalue weighted by atomic mass is 10.1. The van der Waals surface area contributed by atoms with Crippen LogP contribution in [0, 0.1) is 16.0 Å². The number of amides is 1. The van der Waals surface area contributed by atoms with Crippen LogP contribution in [-0.4, -0.2) is 34.9 Å². The summed E-state index contributed by atoms with van der Waals surface area (Å²) in [5, 5.41) is 10.8. The van der Waals surface area contributed by atoms with Crippen molar-refractivity contribution in [1.29, 1.82) is 0 Å². The van der Waals surface area contributed by atoms with Gasteiger partial charge in [-0.15, -0.1) is 0 Å². The quantitative estimate of drug-likeness (QED) is 0.619. The molecular formula is C16H22N2O4. The van der Waals surface area contributed by atoms with E-state index in [-0.39, 0.29) is 23.6 Å². The first kappa shape index (κ1) is 16.4. The molecule has 1 amide bonds. The van der Waals surface area contributed by atoms with Crippen LogP contribution >= 0.6 is 0 Å². The van der Waals surface area contributed by atoms with E-state index < -0.39 is 4.92 Å². The highest BCUT2D eigenvalue weighted by Crippen LogP contribution is 2.19. The van der Waals surface area contributed by atoms with E-state index in [2.05, 4.69) is 0 Å². The standard InChI is InChI=1S/C16H22N2O4/c1-12(2)16(19)17-8-4-7-15(10-17)22-11-13-5-3-6-14(9-13)18(20)21/h3,5-6,9,12,15H,4,7-8,10-11H2,1-2H3. The van der Waals surface area contributed by atoms with Gasteiger partial charge >= 0.3 is 0 Å². The van der Waals surface area contributed by atoms with Gasteiger partial charge in [-0.1, -0.05) is 26.0 Å². The van der Waals surface area contributed by atoms with Gasteiger partial charge in [0.25, 0.3) is 5.69 Å². The summed E-state index contributed by atoms with van der Waals surface area (Å²) in [5.74, 6) is 0.152. The minimum Gasteiger partial charge on any atom is -0.372 e. The maximum absolute atomic E-state index is 12.0. The molecular weight excluding hydrogens is 284 g/mol. The average Bonchev–Trinajstić information content (AvgIpc) is 2.52. The molecule has 1 heterocycles. The van der Waals surface area contributed by atoms with Gasteiger partial charge in [-0.3, -0.25) is 14.9 Å². The molecule has 0 bridgehead atoms. The number of nitro groups is 1. The highest BCUT2D eigenvalue weighted by Gasteiger charge is 2.25. The van der Waals surface area contributed by atoms with Gasteiger partial charge in [0, 0.05) is 31.1 Å². The van der Waals surface area contributed by atoms with E-state index in [1.54, 1.807) is 6.07 Å². The molecule has 1 aromatic carbocycles. The Labute approximate surface area is 130 Å². The van der Waals surface area contributed by atoms with Crippen molar-refractivity contribution in [2.45, 2.75) is 39.4 Å². The molecule has 2 rings (SSSR count). The van der Waals surface area contributed by atoms with Crippen LogP contribution in [0.15, 0.2) is 24.3 Å². The van der Waals surface area contributed by atoms with E-state index in [9.17, 15) is 14.9 Å². The molecule has 22 heavy (non-hydrogen) atoms. The summed E-state index contributed by atoms with van der Waals surface area (Å²) in [7, 11) is 0. The van der Waals surface area contributed by atoms with Crippen LogP contribution < -0.4 is 0 Å². The second-order valence-electron chi connectivity index (χ2n) is 5.94. The molecule has 1 aromatic rings. The number of likely N-dealkylation sites (tertiary alicyclic amines) is 1.